The van der Waals surface area contributed by atoms with E-state index in [9.17, 15) is 39.9 Å². The second-order valence-electron chi connectivity index (χ2n) is 16.5. The number of amides is 3. The lowest BCUT2D eigenvalue weighted by atomic mass is 9.82. The van der Waals surface area contributed by atoms with Gasteiger partial charge in [-0.3, -0.25) is 19.2 Å². The third-order valence-corrected chi connectivity index (χ3v) is 16.9. The number of rotatable bonds is 16. The number of benzene rings is 3. The fraction of sp³-hybridized carbons (Fsp3) is 0.500. The first-order chi connectivity index (χ1) is 29.1. The van der Waals surface area contributed by atoms with E-state index in [1.807, 2.05) is 61.5 Å². The molecule has 2 saturated heterocycles. The van der Waals surface area contributed by atoms with E-state index in [1.54, 1.807) is 35.1 Å². The number of carbonyl (C=O) groups is 4. The molecule has 3 heterocycles. The number of hydrogen-bond donors (Lipinski definition) is 6. The van der Waals surface area contributed by atoms with Crippen LogP contribution in [0.3, 0.4) is 0 Å². The van der Waals surface area contributed by atoms with Crippen LogP contribution in [0.2, 0.25) is 18.6 Å². The van der Waals surface area contributed by atoms with Gasteiger partial charge in [-0.25, -0.2) is 0 Å². The molecular formula is C44H57N3O13Si. The number of anilines is 2. The summed E-state index contributed by atoms with van der Waals surface area (Å²) in [6.45, 7) is 6.63. The molecule has 3 aliphatic heterocycles. The standard InChI is InChI=1S/C44H57N3O13Si/c1-26-40(61(4,5)30-17-15-29(57-2)16-18-30)33(24-34(49)46(21-22-48)25-27-11-7-6-8-12-27)60-44(26)31-23-28(45-41(54)39-37(52)36(51)38(53)42(55)59-39)14-19-32(31)47(43(44)56)20-10-9-13-35(50)58-3/h6-8,11-12,14-19,23,26,33,36-40,42,48,51-53,55H,9-10,13,20-22,24-25H2,1-5H3,(H,45,54)/t26-,33+,36+,37+,38-,39+,40-,42-,44+/m1/s1. The average Bonchev–Trinajstić information content (AvgIpc) is 3.68. The lowest BCUT2D eigenvalue weighted by Gasteiger charge is -2.37. The molecule has 6 rings (SSSR count). The molecule has 16 nitrogen and oxygen atoms in total. The van der Waals surface area contributed by atoms with E-state index in [0.717, 1.165) is 10.8 Å². The number of esters is 1. The Kier molecular flexibility index (Phi) is 14.4. The smallest absolute Gasteiger partial charge is 0.305 e. The first-order valence-corrected chi connectivity index (χ1v) is 23.6. The van der Waals surface area contributed by atoms with Gasteiger partial charge in [-0.1, -0.05) is 67.7 Å². The molecule has 0 aliphatic carbocycles. The van der Waals surface area contributed by atoms with Crippen LogP contribution < -0.4 is 20.1 Å². The molecular weight excluding hydrogens is 807 g/mol. The quantitative estimate of drug-likeness (QED) is 0.0687. The van der Waals surface area contributed by atoms with Crippen molar-refractivity contribution in [3.8, 4) is 5.75 Å². The molecule has 1 spiro atoms. The van der Waals surface area contributed by atoms with Gasteiger partial charge in [-0.05, 0) is 54.3 Å². The predicted molar refractivity (Wildman–Crippen MR) is 225 cm³/mol. The molecule has 6 N–H and O–H groups in total. The number of aliphatic hydroxyl groups is 5. The van der Waals surface area contributed by atoms with Crippen molar-refractivity contribution in [2.45, 2.75) is 100 Å². The zero-order chi connectivity index (χ0) is 44.2. The number of nitrogens with zero attached hydrogens (tertiary/aromatic N) is 2. The summed E-state index contributed by atoms with van der Waals surface area (Å²) in [5.74, 6) is -1.78. The van der Waals surface area contributed by atoms with Crippen molar-refractivity contribution in [2.24, 2.45) is 5.92 Å². The minimum Gasteiger partial charge on any atom is -0.497 e. The van der Waals surface area contributed by atoms with E-state index in [1.165, 1.54) is 7.11 Å². The van der Waals surface area contributed by atoms with Gasteiger partial charge in [0.25, 0.3) is 11.8 Å². The lowest BCUT2D eigenvalue weighted by molar-refractivity contribution is -0.274. The van der Waals surface area contributed by atoms with Crippen molar-refractivity contribution in [2.75, 3.05) is 44.1 Å². The van der Waals surface area contributed by atoms with Crippen molar-refractivity contribution in [3.63, 3.8) is 0 Å². The first-order valence-electron chi connectivity index (χ1n) is 20.6. The molecule has 3 aliphatic rings. The Morgan fingerprint density at radius 3 is 2.30 bits per heavy atom. The van der Waals surface area contributed by atoms with E-state index in [-0.39, 0.29) is 68.1 Å². The minimum absolute atomic E-state index is 0.0850. The summed E-state index contributed by atoms with van der Waals surface area (Å²) in [5.41, 5.74) is 0.0268. The Hall–Kier alpha value is -4.72. The van der Waals surface area contributed by atoms with Gasteiger partial charge >= 0.3 is 5.97 Å². The molecule has 0 saturated carbocycles. The highest BCUT2D eigenvalue weighted by Crippen LogP contribution is 2.60. The monoisotopic (exact) mass is 863 g/mol. The van der Waals surface area contributed by atoms with Crippen molar-refractivity contribution < 1.29 is 63.7 Å². The molecule has 330 valence electrons. The van der Waals surface area contributed by atoms with Gasteiger partial charge in [0.15, 0.2) is 18.0 Å². The fourth-order valence-electron chi connectivity index (χ4n) is 9.26. The van der Waals surface area contributed by atoms with Crippen LogP contribution in [0.25, 0.3) is 0 Å². The van der Waals surface area contributed by atoms with Crippen LogP contribution in [-0.2, 0) is 45.5 Å². The Bertz CT molecular complexity index is 2040. The van der Waals surface area contributed by atoms with Gasteiger partial charge in [0.1, 0.15) is 24.1 Å². The Morgan fingerprint density at radius 1 is 0.934 bits per heavy atom. The second-order valence-corrected chi connectivity index (χ2v) is 21.2. The largest absolute Gasteiger partial charge is 0.497 e. The fourth-order valence-corrected chi connectivity index (χ4v) is 13.3. The first kappa shape index (κ1) is 45.8. The highest BCUT2D eigenvalue weighted by Gasteiger charge is 2.66. The minimum atomic E-state index is -2.71. The number of unbranched alkanes of at least 4 members (excludes halogenated alkanes) is 1. The Morgan fingerprint density at radius 2 is 1.64 bits per heavy atom. The zero-order valence-electron chi connectivity index (χ0n) is 35.1. The summed E-state index contributed by atoms with van der Waals surface area (Å²) in [7, 11) is 0.194. The topological polar surface area (TPSA) is 225 Å². The van der Waals surface area contributed by atoms with Gasteiger partial charge < -0.3 is 59.6 Å². The summed E-state index contributed by atoms with van der Waals surface area (Å²) in [6, 6.07) is 22.1. The van der Waals surface area contributed by atoms with Crippen LogP contribution in [0.4, 0.5) is 11.4 Å². The highest BCUT2D eigenvalue weighted by molar-refractivity contribution is 6.91. The molecule has 17 heteroatoms. The highest BCUT2D eigenvalue weighted by atomic mass is 28.3. The number of ether oxygens (including phenoxy) is 4. The van der Waals surface area contributed by atoms with Crippen molar-refractivity contribution in [3.05, 3.63) is 83.9 Å². The van der Waals surface area contributed by atoms with E-state index < -0.39 is 62.3 Å². The van der Waals surface area contributed by atoms with Crippen LogP contribution in [0.1, 0.15) is 43.7 Å². The van der Waals surface area contributed by atoms with Crippen molar-refractivity contribution in [1.82, 2.24) is 4.90 Å². The van der Waals surface area contributed by atoms with Crippen molar-refractivity contribution >= 4 is 48.3 Å². The van der Waals surface area contributed by atoms with Crippen LogP contribution in [-0.4, -0.2) is 133 Å². The SMILES string of the molecule is COC(=O)CCCCN1C(=O)[C@@]2(O[C@@H](CC(=O)N(CCO)Cc3ccccc3)[C@H]([Si](C)(C)c3ccc(OC)cc3)[C@H]2C)c2cc(NC(=O)[C@H]3O[C@@H](O)[C@H](O)[C@@H](O)[C@@H]3O)ccc21. The lowest BCUT2D eigenvalue weighted by Crippen LogP contribution is -2.60. The van der Waals surface area contributed by atoms with Gasteiger partial charge in [-0.2, -0.15) is 0 Å². The third kappa shape index (κ3) is 9.10. The van der Waals surface area contributed by atoms with Gasteiger partial charge in [-0.15, -0.1) is 0 Å². The molecule has 3 aromatic rings. The average molecular weight is 864 g/mol. The van der Waals surface area contributed by atoms with Gasteiger partial charge in [0, 0.05) is 43.2 Å². The summed E-state index contributed by atoms with van der Waals surface area (Å²) in [4.78, 5) is 58.4. The van der Waals surface area contributed by atoms with Crippen molar-refractivity contribution in [1.29, 1.82) is 0 Å². The normalized spacial score (nSPS) is 27.2. The number of fused-ring (bicyclic) bond motifs is 2. The number of aliphatic hydroxyl groups excluding tert-OH is 5. The second kappa shape index (κ2) is 19.1. The van der Waals surface area contributed by atoms with E-state index in [2.05, 4.69) is 18.4 Å². The summed E-state index contributed by atoms with van der Waals surface area (Å²) in [6.07, 6.45) is -9.08. The third-order valence-electron chi connectivity index (χ3n) is 12.5. The number of hydrogen-bond acceptors (Lipinski definition) is 13. The number of nitrogens with one attached hydrogen (secondary N) is 1. The Labute approximate surface area is 356 Å². The predicted octanol–water partition coefficient (Wildman–Crippen LogP) is 1.75. The summed E-state index contributed by atoms with van der Waals surface area (Å²) >= 11 is 0. The molecule has 61 heavy (non-hydrogen) atoms. The number of carbonyl (C=O) groups excluding carboxylic acids is 4. The number of methoxy groups -OCH3 is 2. The Balaban J connectivity index is 1.41. The van der Waals surface area contributed by atoms with Crippen LogP contribution >= 0.6 is 0 Å². The molecule has 2 fully saturated rings. The van der Waals surface area contributed by atoms with Crippen LogP contribution in [0, 0.1) is 5.92 Å². The zero-order valence-corrected chi connectivity index (χ0v) is 36.1. The maximum atomic E-state index is 15.3. The van der Waals surface area contributed by atoms with E-state index in [0.29, 0.717) is 29.8 Å². The molecule has 9 atom stereocenters. The van der Waals surface area contributed by atoms with Crippen LogP contribution in [0.5, 0.6) is 5.75 Å². The molecule has 0 unspecified atom stereocenters. The van der Waals surface area contributed by atoms with E-state index in [4.69, 9.17) is 18.9 Å². The maximum absolute atomic E-state index is 15.3. The molecule has 0 bridgehead atoms. The molecule has 0 radical (unpaired) electrons. The summed E-state index contributed by atoms with van der Waals surface area (Å²) in [5, 5.41) is 54.7. The molecule has 3 amide bonds. The van der Waals surface area contributed by atoms with Crippen LogP contribution in [0.15, 0.2) is 72.8 Å². The maximum Gasteiger partial charge on any atom is 0.305 e. The van der Waals surface area contributed by atoms with Gasteiger partial charge in [0.2, 0.25) is 5.91 Å². The molecule has 0 aromatic heterocycles. The molecule has 3 aromatic carbocycles. The summed E-state index contributed by atoms with van der Waals surface area (Å²) < 4.78 is 22.6. The van der Waals surface area contributed by atoms with Gasteiger partial charge in [0.05, 0.1) is 47.1 Å². The van der Waals surface area contributed by atoms with E-state index >= 15 is 4.79 Å².